The van der Waals surface area contributed by atoms with Crippen LogP contribution in [0.2, 0.25) is 0 Å². The second-order valence-electron chi connectivity index (χ2n) is 10.4. The van der Waals surface area contributed by atoms with E-state index in [2.05, 4.69) is 68.7 Å². The van der Waals surface area contributed by atoms with Gasteiger partial charge in [0.25, 0.3) is 0 Å². The third kappa shape index (κ3) is 5.10. The summed E-state index contributed by atoms with van der Waals surface area (Å²) in [7, 11) is 0. The van der Waals surface area contributed by atoms with E-state index in [0.29, 0.717) is 5.92 Å². The van der Waals surface area contributed by atoms with E-state index in [0.717, 1.165) is 67.5 Å². The maximum atomic E-state index is 4.71. The van der Waals surface area contributed by atoms with Gasteiger partial charge >= 0.3 is 0 Å². The van der Waals surface area contributed by atoms with Crippen LogP contribution in [0.3, 0.4) is 0 Å². The van der Waals surface area contributed by atoms with Crippen LogP contribution in [0.1, 0.15) is 49.1 Å². The minimum absolute atomic E-state index is 0.522. The number of pyridine rings is 3. The molecule has 0 radical (unpaired) electrons. The third-order valence-corrected chi connectivity index (χ3v) is 7.67. The van der Waals surface area contributed by atoms with E-state index in [1.165, 1.54) is 32.1 Å². The van der Waals surface area contributed by atoms with Crippen LogP contribution in [0.25, 0.3) is 39.1 Å². The molecule has 0 aliphatic heterocycles. The van der Waals surface area contributed by atoms with Crippen LogP contribution in [-0.2, 0) is 0 Å². The first kappa shape index (κ1) is 25.5. The summed E-state index contributed by atoms with van der Waals surface area (Å²) in [5.41, 5.74) is 10.4. The van der Waals surface area contributed by atoms with Gasteiger partial charge in [0.1, 0.15) is 5.69 Å². The van der Waals surface area contributed by atoms with Gasteiger partial charge in [-0.3, -0.25) is 20.1 Å². The molecular weight excluding hydrogens is 494 g/mol. The average Bonchev–Trinajstić information content (AvgIpc) is 3.59. The van der Waals surface area contributed by atoms with Crippen molar-refractivity contribution < 1.29 is 0 Å². The van der Waals surface area contributed by atoms with Gasteiger partial charge in [0.2, 0.25) is 0 Å². The molecule has 0 aromatic carbocycles. The lowest BCUT2D eigenvalue weighted by Crippen LogP contribution is -2.14. The molecule has 40 heavy (non-hydrogen) atoms. The Morgan fingerprint density at radius 3 is 2.73 bits per heavy atom. The highest BCUT2D eigenvalue weighted by molar-refractivity contribution is 5.95. The second kappa shape index (κ2) is 11.1. The Hall–Kier alpha value is -4.78. The molecule has 6 rings (SSSR count). The Morgan fingerprint density at radius 1 is 1.05 bits per heavy atom. The molecule has 7 heteroatoms. The van der Waals surface area contributed by atoms with Gasteiger partial charge < -0.3 is 10.3 Å². The van der Waals surface area contributed by atoms with E-state index >= 15 is 0 Å². The minimum Gasteiger partial charge on any atom is -0.358 e. The van der Waals surface area contributed by atoms with Crippen molar-refractivity contribution in [3.05, 3.63) is 109 Å². The molecule has 3 N–H and O–H groups in total. The van der Waals surface area contributed by atoms with Crippen LogP contribution >= 0.6 is 0 Å². The van der Waals surface area contributed by atoms with E-state index in [1.54, 1.807) is 12.3 Å². The van der Waals surface area contributed by atoms with Gasteiger partial charge in [-0.05, 0) is 56.0 Å². The van der Waals surface area contributed by atoms with E-state index in [-0.39, 0.29) is 0 Å². The fourth-order valence-corrected chi connectivity index (χ4v) is 5.59. The maximum absolute atomic E-state index is 4.71. The topological polar surface area (TPSA) is 95.2 Å². The molecular formula is C33H33N7. The Morgan fingerprint density at radius 2 is 1.93 bits per heavy atom. The summed E-state index contributed by atoms with van der Waals surface area (Å²) >= 11 is 0. The molecule has 0 bridgehead atoms. The Labute approximate surface area is 234 Å². The summed E-state index contributed by atoms with van der Waals surface area (Å²) < 4.78 is 0. The summed E-state index contributed by atoms with van der Waals surface area (Å²) in [5, 5.41) is 12.3. The molecule has 7 nitrogen and oxygen atoms in total. The van der Waals surface area contributed by atoms with Gasteiger partial charge in [-0.2, -0.15) is 5.10 Å². The van der Waals surface area contributed by atoms with E-state index in [9.17, 15) is 0 Å². The first-order chi connectivity index (χ1) is 19.6. The molecule has 0 unspecified atom stereocenters. The molecule has 1 aliphatic rings. The molecule has 0 spiro atoms. The number of aromatic amines is 2. The van der Waals surface area contributed by atoms with Gasteiger partial charge in [-0.15, -0.1) is 0 Å². The number of hydrogen-bond donors (Lipinski definition) is 3. The SMILES string of the molecule is C=C/C=C(/c1ccccn1)c1cc(-c2n[nH]c3cnc(-c4cncc(NC(=C)C5CCCCC5)c4)cc23)[nH]c1C. The molecule has 5 aromatic rings. The maximum Gasteiger partial charge on any atom is 0.116 e. The van der Waals surface area contributed by atoms with Gasteiger partial charge in [-0.25, -0.2) is 0 Å². The summed E-state index contributed by atoms with van der Waals surface area (Å²) in [6.45, 7) is 10.3. The molecule has 0 amide bonds. The standard InChI is InChI=1S/C33H33N7/c1-4-10-26(29-13-8-9-14-35-29)27-16-31(38-22(27)3)33-28-17-30(36-20-32(28)39-40-33)24-15-25(19-34-18-24)37-21(2)23-11-6-5-7-12-23/h4,8-10,13-20,23,37-38H,1-2,5-7,11-12H2,3H3,(H,39,40)/b26-10+. The number of hydrogen-bond acceptors (Lipinski definition) is 5. The minimum atomic E-state index is 0.522. The predicted molar refractivity (Wildman–Crippen MR) is 162 cm³/mol. The number of H-pyrrole nitrogens is 2. The zero-order chi connectivity index (χ0) is 27.5. The molecule has 1 saturated carbocycles. The lowest BCUT2D eigenvalue weighted by atomic mass is 9.87. The van der Waals surface area contributed by atoms with Crippen LogP contribution in [0.5, 0.6) is 0 Å². The normalized spacial score (nSPS) is 14.4. The summed E-state index contributed by atoms with van der Waals surface area (Å²) in [5.74, 6) is 0.522. The van der Waals surface area contributed by atoms with Crippen LogP contribution in [0.15, 0.2) is 92.2 Å². The van der Waals surface area contributed by atoms with Crippen molar-refractivity contribution in [1.29, 1.82) is 0 Å². The lowest BCUT2D eigenvalue weighted by molar-refractivity contribution is 0.405. The molecule has 5 aromatic heterocycles. The highest BCUT2D eigenvalue weighted by Crippen LogP contribution is 2.34. The average molecular weight is 528 g/mol. The van der Waals surface area contributed by atoms with Crippen molar-refractivity contribution in [2.45, 2.75) is 39.0 Å². The zero-order valence-electron chi connectivity index (χ0n) is 22.7. The third-order valence-electron chi connectivity index (χ3n) is 7.67. The largest absolute Gasteiger partial charge is 0.358 e. The van der Waals surface area contributed by atoms with Crippen LogP contribution in [0.4, 0.5) is 5.69 Å². The Kier molecular flexibility index (Phi) is 7.10. The van der Waals surface area contributed by atoms with Gasteiger partial charge in [0.15, 0.2) is 0 Å². The van der Waals surface area contributed by atoms with Gasteiger partial charge in [0.05, 0.1) is 40.7 Å². The molecule has 200 valence electrons. The van der Waals surface area contributed by atoms with Gasteiger partial charge in [-0.1, -0.05) is 50.6 Å². The lowest BCUT2D eigenvalue weighted by Gasteiger charge is -2.24. The van der Waals surface area contributed by atoms with Crippen molar-refractivity contribution >= 4 is 22.2 Å². The predicted octanol–water partition coefficient (Wildman–Crippen LogP) is 7.84. The number of rotatable bonds is 8. The molecule has 1 aliphatic carbocycles. The summed E-state index contributed by atoms with van der Waals surface area (Å²) in [6.07, 6.45) is 17.4. The number of nitrogens with zero attached hydrogens (tertiary/aromatic N) is 4. The first-order valence-corrected chi connectivity index (χ1v) is 13.8. The van der Waals surface area contributed by atoms with Crippen molar-refractivity contribution in [2.75, 3.05) is 5.32 Å². The summed E-state index contributed by atoms with van der Waals surface area (Å²) in [6, 6.07) is 12.2. The monoisotopic (exact) mass is 527 g/mol. The van der Waals surface area contributed by atoms with E-state index < -0.39 is 0 Å². The number of allylic oxidation sites excluding steroid dienone is 3. The number of aromatic nitrogens is 6. The van der Waals surface area contributed by atoms with Gasteiger partial charge in [0, 0.05) is 45.9 Å². The smallest absolute Gasteiger partial charge is 0.116 e. The van der Waals surface area contributed by atoms with E-state index in [4.69, 9.17) is 4.98 Å². The Bertz CT molecular complexity index is 1700. The van der Waals surface area contributed by atoms with Crippen molar-refractivity contribution in [3.8, 4) is 22.6 Å². The highest BCUT2D eigenvalue weighted by atomic mass is 15.1. The number of nitrogens with one attached hydrogen (secondary N) is 3. The van der Waals surface area contributed by atoms with Crippen molar-refractivity contribution in [3.63, 3.8) is 0 Å². The zero-order valence-corrected chi connectivity index (χ0v) is 22.7. The number of fused-ring (bicyclic) bond motifs is 1. The summed E-state index contributed by atoms with van der Waals surface area (Å²) in [4.78, 5) is 17.3. The van der Waals surface area contributed by atoms with Crippen molar-refractivity contribution in [2.24, 2.45) is 5.92 Å². The fraction of sp³-hybridized carbons (Fsp3) is 0.212. The van der Waals surface area contributed by atoms with Crippen LogP contribution in [0, 0.1) is 12.8 Å². The quantitative estimate of drug-likeness (QED) is 0.179. The molecule has 0 atom stereocenters. The number of anilines is 1. The molecule has 1 fully saturated rings. The van der Waals surface area contributed by atoms with Crippen LogP contribution < -0.4 is 5.32 Å². The highest BCUT2D eigenvalue weighted by Gasteiger charge is 2.19. The first-order valence-electron chi connectivity index (χ1n) is 13.8. The van der Waals surface area contributed by atoms with Crippen molar-refractivity contribution in [1.82, 2.24) is 30.1 Å². The van der Waals surface area contributed by atoms with Crippen LogP contribution in [-0.4, -0.2) is 30.1 Å². The second-order valence-corrected chi connectivity index (χ2v) is 10.4. The Balaban J connectivity index is 1.32. The van der Waals surface area contributed by atoms with E-state index in [1.807, 2.05) is 42.9 Å². The fourth-order valence-electron chi connectivity index (χ4n) is 5.59. The molecule has 0 saturated heterocycles. The molecule has 5 heterocycles. The number of aryl methyl sites for hydroxylation is 1.